The zero-order valence-electron chi connectivity index (χ0n) is 11.4. The average molecular weight is 297 g/mol. The molecule has 110 valence electrons. The van der Waals surface area contributed by atoms with Crippen molar-refractivity contribution < 1.29 is 14.3 Å². The van der Waals surface area contributed by atoms with Gasteiger partial charge in [-0.2, -0.15) is 4.37 Å². The molecule has 0 aliphatic rings. The number of hydrogen-bond donors (Lipinski definition) is 2. The monoisotopic (exact) mass is 297 g/mol. The van der Waals surface area contributed by atoms with E-state index in [1.807, 2.05) is 12.1 Å². The lowest BCUT2D eigenvalue weighted by Gasteiger charge is -2.16. The van der Waals surface area contributed by atoms with E-state index < -0.39 is 6.10 Å². The van der Waals surface area contributed by atoms with Crippen LogP contribution in [0.15, 0.2) is 29.0 Å². The first-order chi connectivity index (χ1) is 9.74. The molecule has 0 radical (unpaired) electrons. The molecule has 0 saturated carbocycles. The van der Waals surface area contributed by atoms with E-state index in [0.717, 1.165) is 30.3 Å². The fourth-order valence-electron chi connectivity index (χ4n) is 1.71. The minimum Gasteiger partial charge on any atom is -0.473 e. The molecule has 0 saturated heterocycles. The average Bonchev–Trinajstić information content (AvgIpc) is 3.13. The molecule has 0 aliphatic heterocycles. The predicted molar refractivity (Wildman–Crippen MR) is 75.9 cm³/mol. The molecule has 2 heterocycles. The summed E-state index contributed by atoms with van der Waals surface area (Å²) in [5.74, 6) is 1.44. The molecule has 2 aromatic heterocycles. The second kappa shape index (κ2) is 7.98. The van der Waals surface area contributed by atoms with E-state index in [1.165, 1.54) is 6.20 Å². The Kier molecular flexibility index (Phi) is 5.97. The third-order valence-electron chi connectivity index (χ3n) is 2.87. The van der Waals surface area contributed by atoms with E-state index in [0.29, 0.717) is 18.5 Å². The van der Waals surface area contributed by atoms with Crippen molar-refractivity contribution in [3.63, 3.8) is 0 Å². The predicted octanol–water partition coefficient (Wildman–Crippen LogP) is 1.48. The molecular formula is C13H19N3O3S. The van der Waals surface area contributed by atoms with Crippen molar-refractivity contribution in [2.45, 2.75) is 31.9 Å². The smallest absolute Gasteiger partial charge is 0.245 e. The van der Waals surface area contributed by atoms with Crippen LogP contribution in [0.5, 0.6) is 5.88 Å². The van der Waals surface area contributed by atoms with Gasteiger partial charge in [-0.05, 0) is 25.5 Å². The number of aromatic nitrogens is 2. The molecule has 0 aromatic carbocycles. The Morgan fingerprint density at radius 1 is 1.55 bits per heavy atom. The number of aliphatic hydroxyl groups is 1. The minimum atomic E-state index is -0.567. The maximum absolute atomic E-state index is 9.80. The number of aryl methyl sites for hydroxylation is 1. The van der Waals surface area contributed by atoms with Gasteiger partial charge in [-0.3, -0.25) is 0 Å². The van der Waals surface area contributed by atoms with Crippen LogP contribution in [0, 0.1) is 0 Å². The van der Waals surface area contributed by atoms with Crippen LogP contribution >= 0.6 is 11.7 Å². The Hall–Kier alpha value is -1.44. The van der Waals surface area contributed by atoms with E-state index in [1.54, 1.807) is 6.26 Å². The number of hydrogen-bond acceptors (Lipinski definition) is 7. The van der Waals surface area contributed by atoms with Gasteiger partial charge < -0.3 is 19.6 Å². The summed E-state index contributed by atoms with van der Waals surface area (Å²) in [6.45, 7) is 2.78. The highest BCUT2D eigenvalue weighted by atomic mass is 32.1. The second-order valence-corrected chi connectivity index (χ2v) is 5.19. The summed E-state index contributed by atoms with van der Waals surface area (Å²) in [6.07, 6.45) is 4.50. The van der Waals surface area contributed by atoms with E-state index >= 15 is 0 Å². The normalized spacial score (nSPS) is 14.1. The van der Waals surface area contributed by atoms with Crippen molar-refractivity contribution in [3.05, 3.63) is 30.4 Å². The molecule has 2 unspecified atom stereocenters. The molecule has 2 aromatic rings. The van der Waals surface area contributed by atoms with E-state index in [9.17, 15) is 5.11 Å². The van der Waals surface area contributed by atoms with Crippen molar-refractivity contribution >= 4 is 11.7 Å². The Bertz CT molecular complexity index is 417. The van der Waals surface area contributed by atoms with Crippen LogP contribution in [0.1, 0.15) is 19.1 Å². The number of furan rings is 1. The quantitative estimate of drug-likeness (QED) is 0.730. The van der Waals surface area contributed by atoms with Crippen LogP contribution in [0.4, 0.5) is 0 Å². The van der Waals surface area contributed by atoms with E-state index in [-0.39, 0.29) is 6.61 Å². The first kappa shape index (κ1) is 15.0. The number of ether oxygens (including phenoxy) is 1. The highest BCUT2D eigenvalue weighted by Gasteiger charge is 2.09. The zero-order chi connectivity index (χ0) is 14.2. The van der Waals surface area contributed by atoms with E-state index in [4.69, 9.17) is 9.15 Å². The van der Waals surface area contributed by atoms with Crippen molar-refractivity contribution in [3.8, 4) is 5.88 Å². The third-order valence-corrected chi connectivity index (χ3v) is 3.33. The molecule has 2 rings (SSSR count). The van der Waals surface area contributed by atoms with Gasteiger partial charge in [-0.15, -0.1) is 4.37 Å². The number of aliphatic hydroxyl groups excluding tert-OH is 1. The van der Waals surface area contributed by atoms with Gasteiger partial charge in [0.05, 0.1) is 18.0 Å². The molecule has 0 amide bonds. The Labute approximate surface area is 122 Å². The second-order valence-electron chi connectivity index (χ2n) is 4.64. The van der Waals surface area contributed by atoms with Gasteiger partial charge in [0.25, 0.3) is 0 Å². The van der Waals surface area contributed by atoms with Crippen LogP contribution < -0.4 is 10.1 Å². The lowest BCUT2D eigenvalue weighted by molar-refractivity contribution is 0.102. The largest absolute Gasteiger partial charge is 0.473 e. The molecule has 2 atom stereocenters. The van der Waals surface area contributed by atoms with Crippen LogP contribution in [-0.4, -0.2) is 39.2 Å². The van der Waals surface area contributed by atoms with Crippen molar-refractivity contribution in [2.24, 2.45) is 0 Å². The Morgan fingerprint density at radius 3 is 3.15 bits per heavy atom. The Balaban J connectivity index is 1.56. The first-order valence-electron chi connectivity index (χ1n) is 6.58. The molecular weight excluding hydrogens is 278 g/mol. The first-order valence-corrected chi connectivity index (χ1v) is 7.31. The van der Waals surface area contributed by atoms with Gasteiger partial charge >= 0.3 is 0 Å². The molecule has 0 aliphatic carbocycles. The summed E-state index contributed by atoms with van der Waals surface area (Å²) in [6, 6.07) is 4.16. The van der Waals surface area contributed by atoms with Crippen LogP contribution in [-0.2, 0) is 6.42 Å². The highest BCUT2D eigenvalue weighted by molar-refractivity contribution is 6.99. The molecule has 7 heteroatoms. The maximum atomic E-state index is 9.80. The zero-order valence-corrected chi connectivity index (χ0v) is 12.2. The van der Waals surface area contributed by atoms with Crippen molar-refractivity contribution in [1.29, 1.82) is 0 Å². The number of nitrogens with zero attached hydrogens (tertiary/aromatic N) is 2. The minimum absolute atomic E-state index is 0.212. The summed E-state index contributed by atoms with van der Waals surface area (Å²) in [5.41, 5.74) is 0. The molecule has 2 N–H and O–H groups in total. The lowest BCUT2D eigenvalue weighted by Crippen LogP contribution is -2.36. The van der Waals surface area contributed by atoms with Crippen LogP contribution in [0.3, 0.4) is 0 Å². The van der Waals surface area contributed by atoms with Gasteiger partial charge in [0.2, 0.25) is 5.88 Å². The fourth-order valence-corrected chi connectivity index (χ4v) is 2.08. The van der Waals surface area contributed by atoms with Gasteiger partial charge in [-0.25, -0.2) is 0 Å². The number of rotatable bonds is 9. The molecule has 0 bridgehead atoms. The summed E-state index contributed by atoms with van der Waals surface area (Å²) < 4.78 is 18.3. The number of nitrogens with one attached hydrogen (secondary N) is 1. The fraction of sp³-hybridized carbons (Fsp3) is 0.538. The topological polar surface area (TPSA) is 80.4 Å². The molecule has 20 heavy (non-hydrogen) atoms. The molecule has 0 spiro atoms. The van der Waals surface area contributed by atoms with E-state index in [2.05, 4.69) is 21.0 Å². The highest BCUT2D eigenvalue weighted by Crippen LogP contribution is 2.07. The van der Waals surface area contributed by atoms with Crippen molar-refractivity contribution in [2.75, 3.05) is 13.2 Å². The standard InChI is InChI=1S/C13H19N3O3S/c1-10(4-5-12-3-2-6-18-12)14-7-11(17)9-19-13-8-15-20-16-13/h2-3,6,8,10-11,14,17H,4-5,7,9H2,1H3. The summed E-state index contributed by atoms with van der Waals surface area (Å²) >= 11 is 1.08. The van der Waals surface area contributed by atoms with Gasteiger partial charge in [-0.1, -0.05) is 0 Å². The maximum Gasteiger partial charge on any atom is 0.245 e. The summed E-state index contributed by atoms with van der Waals surface area (Å²) in [5, 5.41) is 13.1. The lowest BCUT2D eigenvalue weighted by atomic mass is 10.1. The summed E-state index contributed by atoms with van der Waals surface area (Å²) in [4.78, 5) is 0. The summed E-state index contributed by atoms with van der Waals surface area (Å²) in [7, 11) is 0. The third kappa shape index (κ3) is 5.28. The van der Waals surface area contributed by atoms with Crippen LogP contribution in [0.25, 0.3) is 0 Å². The van der Waals surface area contributed by atoms with Gasteiger partial charge in [0, 0.05) is 19.0 Å². The van der Waals surface area contributed by atoms with Crippen molar-refractivity contribution in [1.82, 2.24) is 14.1 Å². The van der Waals surface area contributed by atoms with Gasteiger partial charge in [0.1, 0.15) is 24.7 Å². The Morgan fingerprint density at radius 2 is 2.45 bits per heavy atom. The molecule has 6 nitrogen and oxygen atoms in total. The van der Waals surface area contributed by atoms with Crippen LogP contribution in [0.2, 0.25) is 0 Å². The molecule has 0 fully saturated rings. The van der Waals surface area contributed by atoms with Gasteiger partial charge in [0.15, 0.2) is 0 Å². The SMILES string of the molecule is CC(CCc1ccco1)NCC(O)COc1cnsn1.